The zero-order chi connectivity index (χ0) is 15.7. The van der Waals surface area contributed by atoms with Gasteiger partial charge in [-0.3, -0.25) is 9.69 Å². The van der Waals surface area contributed by atoms with Crippen molar-refractivity contribution in [1.82, 2.24) is 10.2 Å². The van der Waals surface area contributed by atoms with Crippen LogP contribution in [-0.4, -0.2) is 42.7 Å². The number of rotatable bonds is 7. The lowest BCUT2D eigenvalue weighted by Crippen LogP contribution is -2.36. The van der Waals surface area contributed by atoms with Crippen LogP contribution in [0.5, 0.6) is 0 Å². The van der Waals surface area contributed by atoms with Gasteiger partial charge in [-0.1, -0.05) is 25.7 Å². The van der Waals surface area contributed by atoms with Crippen LogP contribution in [0, 0.1) is 17.8 Å². The first kappa shape index (κ1) is 17.7. The standard InChI is InChI=1S/C16H24N2O2S/c1-13(2)9-17-16(20)11-18(3)10-15-8-14(12-21-15)6-4-5-7-19/h8,12-13,19H,5,7,9-11H2,1-3H3,(H,17,20). The Kier molecular flexibility index (Phi) is 8.06. The zero-order valence-corrected chi connectivity index (χ0v) is 13.8. The lowest BCUT2D eigenvalue weighted by molar-refractivity contribution is -0.122. The van der Waals surface area contributed by atoms with Gasteiger partial charge < -0.3 is 10.4 Å². The van der Waals surface area contributed by atoms with Crippen LogP contribution in [0.3, 0.4) is 0 Å². The number of nitrogens with zero attached hydrogens (tertiary/aromatic N) is 1. The molecular weight excluding hydrogens is 284 g/mol. The highest BCUT2D eigenvalue weighted by atomic mass is 32.1. The molecule has 5 heteroatoms. The van der Waals surface area contributed by atoms with E-state index >= 15 is 0 Å². The van der Waals surface area contributed by atoms with Crippen molar-refractivity contribution < 1.29 is 9.90 Å². The molecule has 1 amide bonds. The molecule has 1 aromatic heterocycles. The van der Waals surface area contributed by atoms with Gasteiger partial charge in [0.25, 0.3) is 0 Å². The first-order valence-electron chi connectivity index (χ1n) is 7.13. The SMILES string of the molecule is CC(C)CNC(=O)CN(C)Cc1cc(C#CCCO)cs1. The van der Waals surface area contributed by atoms with Crippen molar-refractivity contribution >= 4 is 17.2 Å². The molecule has 0 spiro atoms. The summed E-state index contributed by atoms with van der Waals surface area (Å²) in [6.45, 7) is 6.11. The van der Waals surface area contributed by atoms with E-state index in [0.717, 1.165) is 18.7 Å². The fourth-order valence-electron chi connectivity index (χ4n) is 1.69. The van der Waals surface area contributed by atoms with Crippen LogP contribution < -0.4 is 5.32 Å². The maximum atomic E-state index is 11.7. The minimum absolute atomic E-state index is 0.0608. The summed E-state index contributed by atoms with van der Waals surface area (Å²) in [6, 6.07) is 2.04. The van der Waals surface area contributed by atoms with Crippen LogP contribution in [0.15, 0.2) is 11.4 Å². The molecule has 1 heterocycles. The van der Waals surface area contributed by atoms with Gasteiger partial charge >= 0.3 is 0 Å². The summed E-state index contributed by atoms with van der Waals surface area (Å²) in [5.74, 6) is 6.45. The normalized spacial score (nSPS) is 10.6. The van der Waals surface area contributed by atoms with Gasteiger partial charge in [-0.05, 0) is 19.0 Å². The number of likely N-dealkylation sites (N-methyl/N-ethyl adjacent to an activating group) is 1. The summed E-state index contributed by atoms with van der Waals surface area (Å²) >= 11 is 1.64. The number of amides is 1. The summed E-state index contributed by atoms with van der Waals surface area (Å²) in [5, 5.41) is 13.6. The summed E-state index contributed by atoms with van der Waals surface area (Å²) in [4.78, 5) is 14.9. The van der Waals surface area contributed by atoms with Crippen molar-refractivity contribution in [3.63, 3.8) is 0 Å². The molecule has 0 atom stereocenters. The Morgan fingerprint density at radius 1 is 1.52 bits per heavy atom. The molecule has 0 fully saturated rings. The third kappa shape index (κ3) is 7.86. The number of carbonyl (C=O) groups is 1. The van der Waals surface area contributed by atoms with Crippen molar-refractivity contribution in [3.8, 4) is 11.8 Å². The second kappa shape index (κ2) is 9.56. The maximum absolute atomic E-state index is 11.7. The molecule has 0 saturated heterocycles. The average molecular weight is 308 g/mol. The van der Waals surface area contributed by atoms with Crippen LogP contribution in [0.1, 0.15) is 30.7 Å². The summed E-state index contributed by atoms with van der Waals surface area (Å²) in [6.07, 6.45) is 0.501. The highest BCUT2D eigenvalue weighted by molar-refractivity contribution is 7.10. The van der Waals surface area contributed by atoms with E-state index in [9.17, 15) is 4.79 Å². The van der Waals surface area contributed by atoms with Crippen molar-refractivity contribution in [2.45, 2.75) is 26.8 Å². The Balaban J connectivity index is 2.39. The third-order valence-electron chi connectivity index (χ3n) is 2.67. The lowest BCUT2D eigenvalue weighted by Gasteiger charge is -2.15. The fourth-order valence-corrected chi connectivity index (χ4v) is 2.59. The van der Waals surface area contributed by atoms with Gasteiger partial charge in [0.2, 0.25) is 5.91 Å². The van der Waals surface area contributed by atoms with E-state index in [4.69, 9.17) is 5.11 Å². The first-order valence-corrected chi connectivity index (χ1v) is 8.01. The van der Waals surface area contributed by atoms with Crippen LogP contribution in [0.4, 0.5) is 0 Å². The van der Waals surface area contributed by atoms with Crippen LogP contribution >= 0.6 is 11.3 Å². The summed E-state index contributed by atoms with van der Waals surface area (Å²) in [5.41, 5.74) is 0.973. The van der Waals surface area contributed by atoms with E-state index < -0.39 is 0 Å². The van der Waals surface area contributed by atoms with Crippen LogP contribution in [0.2, 0.25) is 0 Å². The molecule has 0 unspecified atom stereocenters. The maximum Gasteiger partial charge on any atom is 0.234 e. The summed E-state index contributed by atoms with van der Waals surface area (Å²) < 4.78 is 0. The molecule has 1 rings (SSSR count). The molecule has 0 aliphatic heterocycles. The average Bonchev–Trinajstić information content (AvgIpc) is 2.84. The fraction of sp³-hybridized carbons (Fsp3) is 0.562. The first-order chi connectivity index (χ1) is 10.0. The van der Waals surface area contributed by atoms with Gasteiger partial charge in [0, 0.05) is 35.3 Å². The van der Waals surface area contributed by atoms with Crippen LogP contribution in [0.25, 0.3) is 0 Å². The minimum Gasteiger partial charge on any atom is -0.395 e. The van der Waals surface area contributed by atoms with E-state index in [0.29, 0.717) is 18.9 Å². The van der Waals surface area contributed by atoms with E-state index in [1.807, 2.05) is 23.4 Å². The van der Waals surface area contributed by atoms with Gasteiger partial charge in [-0.2, -0.15) is 0 Å². The molecule has 2 N–H and O–H groups in total. The Labute approximate surface area is 131 Å². The minimum atomic E-state index is 0.0608. The van der Waals surface area contributed by atoms with Gasteiger partial charge in [0.05, 0.1) is 13.2 Å². The second-order valence-corrected chi connectivity index (χ2v) is 6.44. The number of hydrogen-bond donors (Lipinski definition) is 2. The third-order valence-corrected chi connectivity index (χ3v) is 3.59. The van der Waals surface area contributed by atoms with E-state index in [-0.39, 0.29) is 12.5 Å². The Morgan fingerprint density at radius 3 is 2.95 bits per heavy atom. The van der Waals surface area contributed by atoms with E-state index in [1.54, 1.807) is 11.3 Å². The number of hydrogen-bond acceptors (Lipinski definition) is 4. The largest absolute Gasteiger partial charge is 0.395 e. The molecular formula is C16H24N2O2S. The molecule has 0 aromatic carbocycles. The van der Waals surface area contributed by atoms with Gasteiger partial charge in [0.1, 0.15) is 0 Å². The predicted octanol–water partition coefficient (Wildman–Crippen LogP) is 1.69. The molecule has 116 valence electrons. The Hall–Kier alpha value is -1.35. The molecule has 0 saturated carbocycles. The van der Waals surface area contributed by atoms with Crippen LogP contribution in [-0.2, 0) is 11.3 Å². The van der Waals surface area contributed by atoms with E-state index in [1.165, 1.54) is 4.88 Å². The monoisotopic (exact) mass is 308 g/mol. The Morgan fingerprint density at radius 2 is 2.29 bits per heavy atom. The van der Waals surface area contributed by atoms with Gasteiger partial charge in [0.15, 0.2) is 0 Å². The molecule has 0 bridgehead atoms. The number of aliphatic hydroxyl groups excluding tert-OH is 1. The van der Waals surface area contributed by atoms with Crippen molar-refractivity contribution in [1.29, 1.82) is 0 Å². The molecule has 0 radical (unpaired) electrons. The number of carbonyl (C=O) groups excluding carboxylic acids is 1. The number of nitrogens with one attached hydrogen (secondary N) is 1. The van der Waals surface area contributed by atoms with Crippen molar-refractivity contribution in [2.75, 3.05) is 26.7 Å². The molecule has 0 aliphatic rings. The topological polar surface area (TPSA) is 52.6 Å². The lowest BCUT2D eigenvalue weighted by atomic mass is 10.2. The highest BCUT2D eigenvalue weighted by Gasteiger charge is 2.08. The second-order valence-electron chi connectivity index (χ2n) is 5.45. The number of thiophene rings is 1. The van der Waals surface area contributed by atoms with Crippen molar-refractivity contribution in [2.24, 2.45) is 5.92 Å². The zero-order valence-electron chi connectivity index (χ0n) is 13.0. The molecule has 1 aromatic rings. The van der Waals surface area contributed by atoms with Crippen molar-refractivity contribution in [3.05, 3.63) is 21.9 Å². The molecule has 21 heavy (non-hydrogen) atoms. The molecule has 0 aliphatic carbocycles. The quantitative estimate of drug-likeness (QED) is 0.754. The highest BCUT2D eigenvalue weighted by Crippen LogP contribution is 2.15. The smallest absolute Gasteiger partial charge is 0.234 e. The predicted molar refractivity (Wildman–Crippen MR) is 87.1 cm³/mol. The Bertz CT molecular complexity index is 500. The summed E-state index contributed by atoms with van der Waals surface area (Å²) in [7, 11) is 1.94. The van der Waals surface area contributed by atoms with Gasteiger partial charge in [-0.25, -0.2) is 0 Å². The van der Waals surface area contributed by atoms with E-state index in [2.05, 4.69) is 31.0 Å². The molecule has 4 nitrogen and oxygen atoms in total. The van der Waals surface area contributed by atoms with Gasteiger partial charge in [-0.15, -0.1) is 11.3 Å². The number of aliphatic hydroxyl groups is 1.